The van der Waals surface area contributed by atoms with Gasteiger partial charge in [-0.2, -0.15) is 0 Å². The zero-order valence-electron chi connectivity index (χ0n) is 14.9. The molecule has 0 heterocycles. The summed E-state index contributed by atoms with van der Waals surface area (Å²) in [5.74, 6) is -2.80. The topological polar surface area (TPSA) is 122 Å². The van der Waals surface area contributed by atoms with E-state index in [1.807, 2.05) is 30.3 Å². The van der Waals surface area contributed by atoms with E-state index in [0.29, 0.717) is 6.42 Å². The molecule has 0 fully saturated rings. The van der Waals surface area contributed by atoms with Crippen LogP contribution in [0.25, 0.3) is 0 Å². The Hall–Kier alpha value is -2.41. The smallest absolute Gasteiger partial charge is 0.242 e. The van der Waals surface area contributed by atoms with E-state index >= 15 is 0 Å². The maximum absolute atomic E-state index is 12.3. The average Bonchev–Trinajstić information content (AvgIpc) is 2.58. The number of aliphatic hydroxyl groups is 1. The number of nitrogens with two attached hydrogens (primary N) is 1. The number of amides is 3. The van der Waals surface area contributed by atoms with Crippen LogP contribution in [-0.4, -0.2) is 42.0 Å². The van der Waals surface area contributed by atoms with E-state index in [1.54, 1.807) is 13.8 Å². The summed E-state index contributed by atoms with van der Waals surface area (Å²) in [6.45, 7) is 3.47. The minimum absolute atomic E-state index is 0.218. The van der Waals surface area contributed by atoms with Crippen molar-refractivity contribution in [1.82, 2.24) is 10.6 Å². The monoisotopic (exact) mass is 349 g/mol. The lowest BCUT2D eigenvalue weighted by Crippen LogP contribution is -2.49. The number of benzene rings is 1. The van der Waals surface area contributed by atoms with Gasteiger partial charge in [-0.3, -0.25) is 14.4 Å². The zero-order chi connectivity index (χ0) is 19.0. The molecule has 0 aliphatic carbocycles. The van der Waals surface area contributed by atoms with Gasteiger partial charge in [-0.1, -0.05) is 44.2 Å². The van der Waals surface area contributed by atoms with Crippen molar-refractivity contribution < 1.29 is 19.5 Å². The molecule has 0 aliphatic heterocycles. The van der Waals surface area contributed by atoms with Crippen molar-refractivity contribution in [3.63, 3.8) is 0 Å². The van der Waals surface area contributed by atoms with Crippen LogP contribution in [-0.2, 0) is 20.8 Å². The maximum Gasteiger partial charge on any atom is 0.242 e. The molecular weight excluding hydrogens is 322 g/mol. The van der Waals surface area contributed by atoms with Crippen molar-refractivity contribution in [1.29, 1.82) is 0 Å². The summed E-state index contributed by atoms with van der Waals surface area (Å²) in [7, 11) is 1.49. The molecule has 5 N–H and O–H groups in total. The van der Waals surface area contributed by atoms with Crippen LogP contribution in [0.2, 0.25) is 0 Å². The van der Waals surface area contributed by atoms with Crippen LogP contribution in [0.5, 0.6) is 0 Å². The number of hydrogen-bond donors (Lipinski definition) is 4. The Kier molecular flexibility index (Phi) is 8.07. The Morgan fingerprint density at radius 1 is 1.16 bits per heavy atom. The Morgan fingerprint density at radius 3 is 2.24 bits per heavy atom. The molecule has 7 heteroatoms. The molecule has 0 bridgehead atoms. The summed E-state index contributed by atoms with van der Waals surface area (Å²) < 4.78 is 0. The fourth-order valence-corrected chi connectivity index (χ4v) is 2.54. The van der Waals surface area contributed by atoms with E-state index in [9.17, 15) is 19.5 Å². The van der Waals surface area contributed by atoms with Crippen molar-refractivity contribution in [2.24, 2.45) is 17.6 Å². The van der Waals surface area contributed by atoms with E-state index in [2.05, 4.69) is 10.6 Å². The van der Waals surface area contributed by atoms with Crippen LogP contribution >= 0.6 is 0 Å². The van der Waals surface area contributed by atoms with Crippen molar-refractivity contribution in [2.45, 2.75) is 38.8 Å². The lowest BCUT2D eigenvalue weighted by atomic mass is 9.89. The van der Waals surface area contributed by atoms with Crippen molar-refractivity contribution in [2.75, 3.05) is 7.05 Å². The van der Waals surface area contributed by atoms with Crippen LogP contribution in [0.4, 0.5) is 0 Å². The molecule has 1 rings (SSSR count). The van der Waals surface area contributed by atoms with Gasteiger partial charge in [0.25, 0.3) is 0 Å². The van der Waals surface area contributed by atoms with Gasteiger partial charge in [-0.25, -0.2) is 0 Å². The second-order valence-electron chi connectivity index (χ2n) is 6.37. The third kappa shape index (κ3) is 6.54. The summed E-state index contributed by atoms with van der Waals surface area (Å²) in [6.07, 6.45) is -0.965. The number of primary amides is 1. The van der Waals surface area contributed by atoms with E-state index in [4.69, 9.17) is 5.73 Å². The molecule has 0 aliphatic rings. The molecule has 3 amide bonds. The normalized spacial score (nSPS) is 14.4. The first kappa shape index (κ1) is 20.6. The summed E-state index contributed by atoms with van der Waals surface area (Å²) in [4.78, 5) is 35.9. The van der Waals surface area contributed by atoms with Crippen LogP contribution < -0.4 is 16.4 Å². The molecule has 138 valence electrons. The lowest BCUT2D eigenvalue weighted by Gasteiger charge is -2.24. The molecule has 1 aromatic rings. The number of rotatable bonds is 9. The van der Waals surface area contributed by atoms with Crippen LogP contribution in [0.3, 0.4) is 0 Å². The highest BCUT2D eigenvalue weighted by atomic mass is 16.3. The lowest BCUT2D eigenvalue weighted by molar-refractivity contribution is -0.134. The predicted octanol–water partition coefficient (Wildman–Crippen LogP) is -0.0316. The number of likely N-dealkylation sites (N-methyl/N-ethyl adjacent to an activating group) is 1. The summed E-state index contributed by atoms with van der Waals surface area (Å²) in [5.41, 5.74) is 6.20. The van der Waals surface area contributed by atoms with Crippen LogP contribution in [0.1, 0.15) is 25.8 Å². The van der Waals surface area contributed by atoms with Crippen LogP contribution in [0.15, 0.2) is 30.3 Å². The quantitative estimate of drug-likeness (QED) is 0.500. The molecule has 0 spiro atoms. The molecule has 2 unspecified atom stereocenters. The fourth-order valence-electron chi connectivity index (χ4n) is 2.54. The first-order valence-corrected chi connectivity index (χ1v) is 8.28. The minimum atomic E-state index is -1.02. The Morgan fingerprint density at radius 2 is 1.76 bits per heavy atom. The number of carbonyl (C=O) groups is 3. The number of nitrogens with one attached hydrogen (secondary N) is 2. The third-order valence-electron chi connectivity index (χ3n) is 4.05. The molecule has 0 radical (unpaired) electrons. The molecule has 25 heavy (non-hydrogen) atoms. The van der Waals surface area contributed by atoms with Gasteiger partial charge in [0, 0.05) is 19.9 Å². The maximum atomic E-state index is 12.3. The van der Waals surface area contributed by atoms with Gasteiger partial charge in [-0.05, 0) is 11.5 Å². The standard InChI is InChI=1S/C18H27N3O4/c1-11(2)16(23)13(17(19)24)10-15(22)21-14(18(25)20-3)9-12-7-5-4-6-8-12/h4-8,11,13-14,16,23H,9-10H2,1-3H3,(H2,19,24)(H,20,25)(H,21,22)/t13?,14-,16?/m0/s1. The van der Waals surface area contributed by atoms with Gasteiger partial charge in [0.05, 0.1) is 12.0 Å². The van der Waals surface area contributed by atoms with E-state index < -0.39 is 29.9 Å². The highest BCUT2D eigenvalue weighted by Crippen LogP contribution is 2.16. The molecule has 0 saturated heterocycles. The number of aliphatic hydroxyl groups excluding tert-OH is 1. The summed E-state index contributed by atoms with van der Waals surface area (Å²) in [6, 6.07) is 8.50. The molecule has 3 atom stereocenters. The van der Waals surface area contributed by atoms with Gasteiger partial charge in [0.1, 0.15) is 6.04 Å². The molecule has 7 nitrogen and oxygen atoms in total. The molecule has 1 aromatic carbocycles. The Balaban J connectivity index is 2.80. The van der Waals surface area contributed by atoms with Crippen molar-refractivity contribution in [3.8, 4) is 0 Å². The zero-order valence-corrected chi connectivity index (χ0v) is 14.9. The Bertz CT molecular complexity index is 589. The van der Waals surface area contributed by atoms with E-state index in [1.165, 1.54) is 7.05 Å². The van der Waals surface area contributed by atoms with E-state index in [0.717, 1.165) is 5.56 Å². The number of hydrogen-bond acceptors (Lipinski definition) is 4. The highest BCUT2D eigenvalue weighted by Gasteiger charge is 2.31. The predicted molar refractivity (Wildman–Crippen MR) is 94.3 cm³/mol. The van der Waals surface area contributed by atoms with Gasteiger partial charge in [0.2, 0.25) is 17.7 Å². The average molecular weight is 349 g/mol. The van der Waals surface area contributed by atoms with Gasteiger partial charge in [-0.15, -0.1) is 0 Å². The largest absolute Gasteiger partial charge is 0.392 e. The van der Waals surface area contributed by atoms with Gasteiger partial charge in [0.15, 0.2) is 0 Å². The SMILES string of the molecule is CNC(=O)[C@H](Cc1ccccc1)NC(=O)CC(C(N)=O)C(O)C(C)C. The molecule has 0 aromatic heterocycles. The minimum Gasteiger partial charge on any atom is -0.392 e. The fraction of sp³-hybridized carbons (Fsp3) is 0.500. The number of carbonyl (C=O) groups excluding carboxylic acids is 3. The van der Waals surface area contributed by atoms with E-state index in [-0.39, 0.29) is 18.2 Å². The second kappa shape index (κ2) is 9.78. The first-order valence-electron chi connectivity index (χ1n) is 8.28. The second-order valence-corrected chi connectivity index (χ2v) is 6.37. The summed E-state index contributed by atoms with van der Waals surface area (Å²) in [5, 5.41) is 15.2. The molecule has 0 saturated carbocycles. The molecular formula is C18H27N3O4. The van der Waals surface area contributed by atoms with Gasteiger partial charge < -0.3 is 21.5 Å². The third-order valence-corrected chi connectivity index (χ3v) is 4.05. The first-order chi connectivity index (χ1) is 11.8. The highest BCUT2D eigenvalue weighted by molar-refractivity contribution is 5.90. The summed E-state index contributed by atoms with van der Waals surface area (Å²) >= 11 is 0. The van der Waals surface area contributed by atoms with Crippen molar-refractivity contribution in [3.05, 3.63) is 35.9 Å². The van der Waals surface area contributed by atoms with Gasteiger partial charge >= 0.3 is 0 Å². The van der Waals surface area contributed by atoms with Crippen molar-refractivity contribution >= 4 is 17.7 Å². The Labute approximate surface area is 148 Å². The van der Waals surface area contributed by atoms with Crippen LogP contribution in [0, 0.1) is 11.8 Å².